The quantitative estimate of drug-likeness (QED) is 0.669. The minimum atomic E-state index is 0.610. The topological polar surface area (TPSA) is 48.7 Å². The summed E-state index contributed by atoms with van der Waals surface area (Å²) >= 11 is 10.9. The number of nitrogens with zero attached hydrogens (tertiary/aromatic N) is 2. The molecule has 2 aromatic carbocycles. The Morgan fingerprint density at radius 3 is 2.85 bits per heavy atom. The smallest absolute Gasteiger partial charge is 0.188 e. The summed E-state index contributed by atoms with van der Waals surface area (Å²) < 4.78 is 1.90. The van der Waals surface area contributed by atoms with Crippen LogP contribution in [0.3, 0.4) is 0 Å². The number of nitrogens with one attached hydrogen (secondary N) is 1. The fourth-order valence-corrected chi connectivity index (χ4v) is 3.26. The van der Waals surface area contributed by atoms with E-state index >= 15 is 0 Å². The zero-order valence-electron chi connectivity index (χ0n) is 10.0. The van der Waals surface area contributed by atoms with Crippen LogP contribution in [-0.2, 0) is 0 Å². The number of anilines is 2. The minimum Gasteiger partial charge on any atom is -0.331 e. The van der Waals surface area contributed by atoms with Crippen molar-refractivity contribution in [3.8, 4) is 6.07 Å². The molecule has 0 aliphatic rings. The van der Waals surface area contributed by atoms with Gasteiger partial charge in [0.15, 0.2) is 5.13 Å². The van der Waals surface area contributed by atoms with Crippen molar-refractivity contribution < 1.29 is 0 Å². The van der Waals surface area contributed by atoms with Gasteiger partial charge in [-0.2, -0.15) is 5.26 Å². The number of aromatic nitrogens is 1. The zero-order valence-corrected chi connectivity index (χ0v) is 13.2. The Morgan fingerprint density at radius 2 is 2.10 bits per heavy atom. The summed E-state index contributed by atoms with van der Waals surface area (Å²) in [5.41, 5.74) is 2.35. The van der Waals surface area contributed by atoms with Crippen LogP contribution in [-0.4, -0.2) is 4.98 Å². The van der Waals surface area contributed by atoms with Crippen molar-refractivity contribution in [3.05, 3.63) is 51.5 Å². The molecule has 0 amide bonds. The van der Waals surface area contributed by atoms with E-state index in [0.717, 1.165) is 25.5 Å². The number of thiazole rings is 1. The van der Waals surface area contributed by atoms with Gasteiger partial charge in [-0.15, -0.1) is 0 Å². The molecule has 0 saturated heterocycles. The van der Waals surface area contributed by atoms with Gasteiger partial charge in [0.05, 0.1) is 27.5 Å². The molecular weight excluding hydrogens is 358 g/mol. The van der Waals surface area contributed by atoms with Crippen LogP contribution in [0.4, 0.5) is 10.8 Å². The molecule has 3 aromatic rings. The van der Waals surface area contributed by atoms with E-state index in [4.69, 9.17) is 16.9 Å². The van der Waals surface area contributed by atoms with Crippen molar-refractivity contribution in [2.75, 3.05) is 5.32 Å². The zero-order chi connectivity index (χ0) is 14.1. The highest BCUT2D eigenvalue weighted by Gasteiger charge is 2.07. The molecule has 1 heterocycles. The molecule has 3 rings (SSSR count). The molecule has 0 bridgehead atoms. The third-order valence-corrected chi connectivity index (χ3v) is 4.53. The third kappa shape index (κ3) is 2.63. The first kappa shape index (κ1) is 13.4. The Balaban J connectivity index is 1.95. The Hall–Kier alpha value is -1.61. The Kier molecular flexibility index (Phi) is 3.62. The molecule has 0 aliphatic carbocycles. The summed E-state index contributed by atoms with van der Waals surface area (Å²) in [4.78, 5) is 4.49. The number of halogens is 2. The molecule has 0 saturated carbocycles. The Morgan fingerprint density at radius 1 is 1.25 bits per heavy atom. The molecule has 0 radical (unpaired) electrons. The lowest BCUT2D eigenvalue weighted by Gasteiger charge is -2.05. The van der Waals surface area contributed by atoms with E-state index < -0.39 is 0 Å². The Bertz CT molecular complexity index is 838. The van der Waals surface area contributed by atoms with Gasteiger partial charge >= 0.3 is 0 Å². The lowest BCUT2D eigenvalue weighted by molar-refractivity contribution is 1.42. The van der Waals surface area contributed by atoms with E-state index in [9.17, 15) is 0 Å². The largest absolute Gasteiger partial charge is 0.331 e. The van der Waals surface area contributed by atoms with Gasteiger partial charge in [-0.25, -0.2) is 4.98 Å². The normalized spacial score (nSPS) is 10.4. The van der Waals surface area contributed by atoms with Crippen molar-refractivity contribution >= 4 is 59.9 Å². The number of rotatable bonds is 2. The first-order valence-corrected chi connectivity index (χ1v) is 7.67. The van der Waals surface area contributed by atoms with Crippen LogP contribution in [0.15, 0.2) is 40.9 Å². The highest BCUT2D eigenvalue weighted by atomic mass is 79.9. The first-order chi connectivity index (χ1) is 9.65. The summed E-state index contributed by atoms with van der Waals surface area (Å²) in [5, 5.41) is 13.6. The molecule has 0 atom stereocenters. The SMILES string of the molecule is N#Cc1ccc(Nc2nc3cc(Cl)ccc3s2)c(Br)c1. The second kappa shape index (κ2) is 5.41. The van der Waals surface area contributed by atoms with Crippen molar-refractivity contribution in [3.63, 3.8) is 0 Å². The van der Waals surface area contributed by atoms with Gasteiger partial charge in [-0.3, -0.25) is 0 Å². The number of hydrogen-bond donors (Lipinski definition) is 1. The van der Waals surface area contributed by atoms with Crippen molar-refractivity contribution in [2.45, 2.75) is 0 Å². The molecule has 98 valence electrons. The maximum Gasteiger partial charge on any atom is 0.188 e. The molecule has 6 heteroatoms. The molecule has 1 N–H and O–H groups in total. The monoisotopic (exact) mass is 363 g/mol. The van der Waals surface area contributed by atoms with E-state index in [2.05, 4.69) is 32.3 Å². The van der Waals surface area contributed by atoms with Crippen LogP contribution < -0.4 is 5.32 Å². The van der Waals surface area contributed by atoms with Crippen LogP contribution in [0.5, 0.6) is 0 Å². The highest BCUT2D eigenvalue weighted by molar-refractivity contribution is 9.10. The molecule has 0 aliphatic heterocycles. The van der Waals surface area contributed by atoms with E-state index in [0.29, 0.717) is 10.6 Å². The fourth-order valence-electron chi connectivity index (χ4n) is 1.76. The van der Waals surface area contributed by atoms with Gasteiger partial charge in [0, 0.05) is 9.50 Å². The predicted molar refractivity (Wildman–Crippen MR) is 86.8 cm³/mol. The third-order valence-electron chi connectivity index (χ3n) is 2.69. The standard InChI is InChI=1S/C14H7BrClN3S/c15-10-5-8(7-17)1-3-11(10)18-14-19-12-6-9(16)2-4-13(12)20-14/h1-6H,(H,18,19). The predicted octanol–water partition coefficient (Wildman–Crippen LogP) is 5.33. The van der Waals surface area contributed by atoms with Gasteiger partial charge in [-0.1, -0.05) is 22.9 Å². The van der Waals surface area contributed by atoms with Gasteiger partial charge in [0.2, 0.25) is 0 Å². The van der Waals surface area contributed by atoms with Gasteiger partial charge in [0.25, 0.3) is 0 Å². The average Bonchev–Trinajstić information content (AvgIpc) is 2.82. The summed E-state index contributed by atoms with van der Waals surface area (Å²) in [7, 11) is 0. The second-order valence-corrected chi connectivity index (χ2v) is 6.38. The van der Waals surface area contributed by atoms with Crippen molar-refractivity contribution in [1.82, 2.24) is 4.98 Å². The molecule has 3 nitrogen and oxygen atoms in total. The highest BCUT2D eigenvalue weighted by Crippen LogP contribution is 2.32. The van der Waals surface area contributed by atoms with E-state index in [1.165, 1.54) is 0 Å². The molecular formula is C14H7BrClN3S. The summed E-state index contributed by atoms with van der Waals surface area (Å²) in [6.45, 7) is 0. The minimum absolute atomic E-state index is 0.610. The lowest BCUT2D eigenvalue weighted by atomic mass is 10.2. The van der Waals surface area contributed by atoms with Crippen LogP contribution in [0.2, 0.25) is 5.02 Å². The van der Waals surface area contributed by atoms with Gasteiger partial charge in [0.1, 0.15) is 0 Å². The number of benzene rings is 2. The molecule has 0 spiro atoms. The Labute approximate surface area is 133 Å². The molecule has 1 aromatic heterocycles. The fraction of sp³-hybridized carbons (Fsp3) is 0. The van der Waals surface area contributed by atoms with E-state index in [-0.39, 0.29) is 0 Å². The molecule has 0 unspecified atom stereocenters. The molecule has 0 fully saturated rings. The van der Waals surface area contributed by atoms with Crippen LogP contribution in [0.25, 0.3) is 10.2 Å². The van der Waals surface area contributed by atoms with Crippen LogP contribution in [0.1, 0.15) is 5.56 Å². The maximum atomic E-state index is 8.85. The lowest BCUT2D eigenvalue weighted by Crippen LogP contribution is -1.90. The van der Waals surface area contributed by atoms with Crippen LogP contribution >= 0.6 is 38.9 Å². The number of fused-ring (bicyclic) bond motifs is 1. The molecule has 20 heavy (non-hydrogen) atoms. The van der Waals surface area contributed by atoms with Gasteiger partial charge < -0.3 is 5.32 Å². The number of hydrogen-bond acceptors (Lipinski definition) is 4. The summed E-state index contributed by atoms with van der Waals surface area (Å²) in [5.74, 6) is 0. The first-order valence-electron chi connectivity index (χ1n) is 5.68. The summed E-state index contributed by atoms with van der Waals surface area (Å²) in [6.07, 6.45) is 0. The van der Waals surface area contributed by atoms with E-state index in [1.54, 1.807) is 23.5 Å². The van der Waals surface area contributed by atoms with Crippen molar-refractivity contribution in [2.24, 2.45) is 0 Å². The van der Waals surface area contributed by atoms with Crippen molar-refractivity contribution in [1.29, 1.82) is 5.26 Å². The second-order valence-electron chi connectivity index (χ2n) is 4.06. The van der Waals surface area contributed by atoms with Crippen LogP contribution in [0, 0.1) is 11.3 Å². The average molecular weight is 365 g/mol. The van der Waals surface area contributed by atoms with Gasteiger partial charge in [-0.05, 0) is 52.3 Å². The number of nitriles is 1. The summed E-state index contributed by atoms with van der Waals surface area (Å²) in [6, 6.07) is 13.1. The maximum absolute atomic E-state index is 8.85. The van der Waals surface area contributed by atoms with E-state index in [1.807, 2.05) is 24.3 Å².